The molecule has 1 aliphatic carbocycles. The first-order valence-electron chi connectivity index (χ1n) is 11.3. The predicted octanol–water partition coefficient (Wildman–Crippen LogP) is 5.11. The SMILES string of the molecule is Cc1ccc(C(N)=O)c(C2CC2)c1-c1ccc2nc(NCCNc3ccccc3)ncc2c1. The minimum Gasteiger partial charge on any atom is -0.383 e. The largest absolute Gasteiger partial charge is 0.383 e. The third kappa shape index (κ3) is 4.51. The van der Waals surface area contributed by atoms with Crippen LogP contribution in [0, 0.1) is 6.92 Å². The van der Waals surface area contributed by atoms with Crippen molar-refractivity contribution in [3.63, 3.8) is 0 Å². The summed E-state index contributed by atoms with van der Waals surface area (Å²) >= 11 is 0. The monoisotopic (exact) mass is 437 g/mol. The number of nitrogens with one attached hydrogen (secondary N) is 2. The van der Waals surface area contributed by atoms with Crippen LogP contribution in [0.4, 0.5) is 11.6 Å². The molecule has 0 spiro atoms. The van der Waals surface area contributed by atoms with Gasteiger partial charge in [-0.2, -0.15) is 0 Å². The maximum absolute atomic E-state index is 12.1. The van der Waals surface area contributed by atoms with Crippen LogP contribution in [0.15, 0.2) is 66.9 Å². The van der Waals surface area contributed by atoms with Crippen LogP contribution in [0.25, 0.3) is 22.0 Å². The van der Waals surface area contributed by atoms with E-state index in [0.29, 0.717) is 24.0 Å². The summed E-state index contributed by atoms with van der Waals surface area (Å²) in [6.45, 7) is 3.56. The average Bonchev–Trinajstić information content (AvgIpc) is 3.67. The Morgan fingerprint density at radius 3 is 2.58 bits per heavy atom. The summed E-state index contributed by atoms with van der Waals surface area (Å²) in [6, 6.07) is 20.2. The van der Waals surface area contributed by atoms with Gasteiger partial charge < -0.3 is 16.4 Å². The normalized spacial score (nSPS) is 13.1. The topological polar surface area (TPSA) is 92.9 Å². The number of benzene rings is 3. The number of amides is 1. The number of carbonyl (C=O) groups excluding carboxylic acids is 1. The van der Waals surface area contributed by atoms with Gasteiger partial charge in [-0.1, -0.05) is 30.3 Å². The number of hydrogen-bond acceptors (Lipinski definition) is 5. The minimum atomic E-state index is -0.361. The number of carbonyl (C=O) groups is 1. The first-order chi connectivity index (χ1) is 16.1. The fraction of sp³-hybridized carbons (Fsp3) is 0.222. The van der Waals surface area contributed by atoms with Gasteiger partial charge in [-0.05, 0) is 78.3 Å². The van der Waals surface area contributed by atoms with E-state index in [-0.39, 0.29) is 5.91 Å². The molecule has 1 saturated carbocycles. The van der Waals surface area contributed by atoms with E-state index in [9.17, 15) is 4.79 Å². The Hall–Kier alpha value is -3.93. The van der Waals surface area contributed by atoms with Crippen LogP contribution in [0.2, 0.25) is 0 Å². The summed E-state index contributed by atoms with van der Waals surface area (Å²) < 4.78 is 0. The molecule has 4 N–H and O–H groups in total. The number of nitrogens with zero attached hydrogens (tertiary/aromatic N) is 2. The molecule has 0 aliphatic heterocycles. The second-order valence-corrected chi connectivity index (χ2v) is 8.54. The van der Waals surface area contributed by atoms with Crippen molar-refractivity contribution in [1.82, 2.24) is 9.97 Å². The Morgan fingerprint density at radius 1 is 1.03 bits per heavy atom. The summed E-state index contributed by atoms with van der Waals surface area (Å²) in [5.41, 5.74) is 12.7. The number of rotatable bonds is 8. The Kier molecular flexibility index (Phi) is 5.65. The van der Waals surface area contributed by atoms with Crippen molar-refractivity contribution in [1.29, 1.82) is 0 Å². The molecule has 0 atom stereocenters. The lowest BCUT2D eigenvalue weighted by Gasteiger charge is -2.16. The van der Waals surface area contributed by atoms with Gasteiger partial charge in [0.15, 0.2) is 0 Å². The first kappa shape index (κ1) is 20.9. The second-order valence-electron chi connectivity index (χ2n) is 8.54. The quantitative estimate of drug-likeness (QED) is 0.333. The number of primary amides is 1. The van der Waals surface area contributed by atoms with E-state index in [1.165, 1.54) is 0 Å². The summed E-state index contributed by atoms with van der Waals surface area (Å²) in [4.78, 5) is 21.2. The molecule has 0 saturated heterocycles. The molecule has 0 bridgehead atoms. The summed E-state index contributed by atoms with van der Waals surface area (Å²) in [5.74, 6) is 0.654. The zero-order valence-electron chi connectivity index (χ0n) is 18.6. The van der Waals surface area contributed by atoms with Gasteiger partial charge in [0.1, 0.15) is 0 Å². The zero-order chi connectivity index (χ0) is 22.8. The van der Waals surface area contributed by atoms with Crippen molar-refractivity contribution in [2.24, 2.45) is 5.73 Å². The molecule has 1 aromatic heterocycles. The van der Waals surface area contributed by atoms with Crippen molar-refractivity contribution in [2.75, 3.05) is 23.7 Å². The first-order valence-corrected chi connectivity index (χ1v) is 11.3. The summed E-state index contributed by atoms with van der Waals surface area (Å²) in [5, 5.41) is 7.61. The molecule has 4 aromatic rings. The van der Waals surface area contributed by atoms with Crippen molar-refractivity contribution < 1.29 is 4.79 Å². The van der Waals surface area contributed by atoms with Crippen LogP contribution in [-0.2, 0) is 0 Å². The predicted molar refractivity (Wildman–Crippen MR) is 134 cm³/mol. The third-order valence-electron chi connectivity index (χ3n) is 6.08. The highest BCUT2D eigenvalue weighted by molar-refractivity contribution is 5.98. The van der Waals surface area contributed by atoms with Crippen LogP contribution in [-0.4, -0.2) is 29.0 Å². The second kappa shape index (κ2) is 8.90. The standard InChI is InChI=1S/C27H27N5O/c1-17-7-11-22(26(28)33)25(18-8-9-18)24(17)19-10-12-23-20(15-19)16-31-27(32-23)30-14-13-29-21-5-3-2-4-6-21/h2-7,10-12,15-16,18,29H,8-9,13-14H2,1H3,(H2,28,33)(H,30,31,32). The van der Waals surface area contributed by atoms with Crippen molar-refractivity contribution >= 4 is 28.4 Å². The van der Waals surface area contributed by atoms with E-state index < -0.39 is 0 Å². The highest BCUT2D eigenvalue weighted by atomic mass is 16.1. The van der Waals surface area contributed by atoms with Crippen molar-refractivity contribution in [2.45, 2.75) is 25.7 Å². The van der Waals surface area contributed by atoms with E-state index in [1.807, 2.05) is 54.7 Å². The molecular weight excluding hydrogens is 410 g/mol. The smallest absolute Gasteiger partial charge is 0.249 e. The number of aryl methyl sites for hydroxylation is 1. The highest BCUT2D eigenvalue weighted by Crippen LogP contribution is 2.47. The van der Waals surface area contributed by atoms with Gasteiger partial charge in [0.25, 0.3) is 0 Å². The molecule has 0 unspecified atom stereocenters. The van der Waals surface area contributed by atoms with Gasteiger partial charge in [0, 0.05) is 35.9 Å². The molecule has 33 heavy (non-hydrogen) atoms. The van der Waals surface area contributed by atoms with Crippen LogP contribution in [0.3, 0.4) is 0 Å². The maximum Gasteiger partial charge on any atom is 0.249 e. The van der Waals surface area contributed by atoms with Crippen LogP contribution < -0.4 is 16.4 Å². The lowest BCUT2D eigenvalue weighted by Crippen LogP contribution is -2.15. The molecule has 1 aliphatic rings. The van der Waals surface area contributed by atoms with Gasteiger partial charge >= 0.3 is 0 Å². The Balaban J connectivity index is 1.37. The zero-order valence-corrected chi connectivity index (χ0v) is 18.6. The number of aromatic nitrogens is 2. The molecule has 1 amide bonds. The van der Waals surface area contributed by atoms with Crippen molar-refractivity contribution in [3.05, 3.63) is 83.6 Å². The number of para-hydroxylation sites is 1. The minimum absolute atomic E-state index is 0.361. The van der Waals surface area contributed by atoms with Gasteiger partial charge in [0.05, 0.1) is 5.52 Å². The van der Waals surface area contributed by atoms with Crippen LogP contribution in [0.1, 0.15) is 40.2 Å². The van der Waals surface area contributed by atoms with E-state index in [1.54, 1.807) is 0 Å². The van der Waals surface area contributed by atoms with Crippen LogP contribution >= 0.6 is 0 Å². The molecule has 6 nitrogen and oxygen atoms in total. The van der Waals surface area contributed by atoms with Gasteiger partial charge in [-0.3, -0.25) is 4.79 Å². The Morgan fingerprint density at radius 2 is 1.82 bits per heavy atom. The number of nitrogens with two attached hydrogens (primary N) is 1. The number of hydrogen-bond donors (Lipinski definition) is 3. The highest BCUT2D eigenvalue weighted by Gasteiger charge is 2.31. The molecule has 3 aromatic carbocycles. The van der Waals surface area contributed by atoms with Crippen molar-refractivity contribution in [3.8, 4) is 11.1 Å². The van der Waals surface area contributed by atoms with E-state index >= 15 is 0 Å². The fourth-order valence-electron chi connectivity index (χ4n) is 4.33. The van der Waals surface area contributed by atoms with Gasteiger partial charge in [0.2, 0.25) is 11.9 Å². The molecule has 5 rings (SSSR count). The molecule has 166 valence electrons. The summed E-state index contributed by atoms with van der Waals surface area (Å²) in [7, 11) is 0. The summed E-state index contributed by atoms with van der Waals surface area (Å²) in [6.07, 6.45) is 4.05. The lowest BCUT2D eigenvalue weighted by atomic mass is 9.88. The van der Waals surface area contributed by atoms with Gasteiger partial charge in [-0.25, -0.2) is 9.97 Å². The lowest BCUT2D eigenvalue weighted by molar-refractivity contribution is 0.0999. The Labute approximate surface area is 193 Å². The number of fused-ring (bicyclic) bond motifs is 1. The molecule has 1 fully saturated rings. The van der Waals surface area contributed by atoms with E-state index in [0.717, 1.165) is 58.2 Å². The van der Waals surface area contributed by atoms with Crippen LogP contribution in [0.5, 0.6) is 0 Å². The van der Waals surface area contributed by atoms with E-state index in [4.69, 9.17) is 5.73 Å². The molecule has 1 heterocycles. The third-order valence-corrected chi connectivity index (χ3v) is 6.08. The maximum atomic E-state index is 12.1. The molecule has 0 radical (unpaired) electrons. The average molecular weight is 438 g/mol. The number of anilines is 2. The van der Waals surface area contributed by atoms with E-state index in [2.05, 4.69) is 39.7 Å². The Bertz CT molecular complexity index is 1320. The van der Waals surface area contributed by atoms with Gasteiger partial charge in [-0.15, -0.1) is 0 Å². The fourth-order valence-corrected chi connectivity index (χ4v) is 4.33. The molecule has 6 heteroatoms. The molecular formula is C27H27N5O.